The SMILES string of the molecule is FCCCl. The van der Waals surface area contributed by atoms with Crippen molar-refractivity contribution < 1.29 is 4.39 Å². The molecular formula is C2H4ClF. The van der Waals surface area contributed by atoms with Crippen LogP contribution in [0.2, 0.25) is 0 Å². The summed E-state index contributed by atoms with van der Waals surface area (Å²) in [6.07, 6.45) is 0. The van der Waals surface area contributed by atoms with Crippen LogP contribution in [-0.2, 0) is 0 Å². The Morgan fingerprint density at radius 1 is 1.75 bits per heavy atom. The number of hydrogen-bond donors (Lipinski definition) is 0. The molecule has 4 heavy (non-hydrogen) atoms. The van der Waals surface area contributed by atoms with Crippen molar-refractivity contribution in [2.24, 2.45) is 0 Å². The van der Waals surface area contributed by atoms with Crippen LogP contribution in [0.1, 0.15) is 0 Å². The third-order valence-electron chi connectivity index (χ3n) is 0.0714. The molecule has 0 aromatic rings. The molecule has 0 aromatic heterocycles. The van der Waals surface area contributed by atoms with Crippen LogP contribution < -0.4 is 0 Å². The van der Waals surface area contributed by atoms with Crippen molar-refractivity contribution in [3.63, 3.8) is 0 Å². The smallest absolute Gasteiger partial charge is 0.103 e. The maximum Gasteiger partial charge on any atom is 0.103 e. The molecule has 0 aliphatic rings. The van der Waals surface area contributed by atoms with Gasteiger partial charge in [0.15, 0.2) is 0 Å². The first-order valence-electron chi connectivity index (χ1n) is 1.03. The molecule has 0 rings (SSSR count). The molecule has 0 aromatic carbocycles. The van der Waals surface area contributed by atoms with Gasteiger partial charge in [0.05, 0.1) is 5.88 Å². The van der Waals surface area contributed by atoms with Gasteiger partial charge < -0.3 is 0 Å². The highest BCUT2D eigenvalue weighted by molar-refractivity contribution is 6.17. The van der Waals surface area contributed by atoms with Gasteiger partial charge >= 0.3 is 0 Å². The van der Waals surface area contributed by atoms with Crippen molar-refractivity contribution in [2.45, 2.75) is 0 Å². The Hall–Kier alpha value is 0.220. The van der Waals surface area contributed by atoms with Crippen molar-refractivity contribution >= 4 is 11.6 Å². The Kier molecular flexibility index (Phi) is 3.40. The van der Waals surface area contributed by atoms with Gasteiger partial charge in [0.2, 0.25) is 0 Å². The zero-order chi connectivity index (χ0) is 3.41. The molecule has 0 saturated heterocycles. The molecule has 0 unspecified atom stereocenters. The lowest BCUT2D eigenvalue weighted by Gasteiger charge is -1.62. The van der Waals surface area contributed by atoms with Gasteiger partial charge in [0.1, 0.15) is 6.67 Å². The monoisotopic (exact) mass is 82.0 g/mol. The van der Waals surface area contributed by atoms with Crippen molar-refractivity contribution in [1.29, 1.82) is 0 Å². The topological polar surface area (TPSA) is 0 Å². The summed E-state index contributed by atoms with van der Waals surface area (Å²) in [4.78, 5) is 0. The molecule has 0 amide bonds. The Labute approximate surface area is 29.6 Å². The van der Waals surface area contributed by atoms with Crippen LogP contribution in [-0.4, -0.2) is 12.6 Å². The van der Waals surface area contributed by atoms with E-state index in [2.05, 4.69) is 0 Å². The molecule has 0 aliphatic carbocycles. The van der Waals surface area contributed by atoms with E-state index in [4.69, 9.17) is 11.6 Å². The standard InChI is InChI=1S/C2H4ClF/c3-1-2-4/h1-2H2. The number of rotatable bonds is 1. The average Bonchev–Trinajstić information content (AvgIpc) is 1.37. The van der Waals surface area contributed by atoms with Crippen LogP contribution in [0.5, 0.6) is 0 Å². The summed E-state index contributed by atoms with van der Waals surface area (Å²) < 4.78 is 10.6. The summed E-state index contributed by atoms with van der Waals surface area (Å²) in [7, 11) is 0. The third-order valence-corrected chi connectivity index (χ3v) is 0.214. The summed E-state index contributed by atoms with van der Waals surface area (Å²) in [5, 5.41) is 0. The summed E-state index contributed by atoms with van der Waals surface area (Å²) in [6.45, 7) is -0.415. The van der Waals surface area contributed by atoms with Crippen LogP contribution in [0.3, 0.4) is 0 Å². The lowest BCUT2D eigenvalue weighted by atomic mass is 10.9. The van der Waals surface area contributed by atoms with Gasteiger partial charge in [-0.2, -0.15) is 0 Å². The average molecular weight is 82.5 g/mol. The zero-order valence-corrected chi connectivity index (χ0v) is 2.93. The fourth-order valence-electron chi connectivity index (χ4n) is 0. The molecule has 2 heteroatoms. The fraction of sp³-hybridized carbons (Fsp3) is 1.00. The van der Waals surface area contributed by atoms with E-state index in [1.165, 1.54) is 0 Å². The molecule has 26 valence electrons. The molecule has 0 spiro atoms. The summed E-state index contributed by atoms with van der Waals surface area (Å²) in [5.41, 5.74) is 0. The van der Waals surface area contributed by atoms with E-state index in [0.29, 0.717) is 0 Å². The van der Waals surface area contributed by atoms with E-state index < -0.39 is 6.67 Å². The molecule has 0 atom stereocenters. The largest absolute Gasteiger partial charge is 0.250 e. The second-order valence-electron chi connectivity index (χ2n) is 0.378. The van der Waals surface area contributed by atoms with Crippen molar-refractivity contribution in [3.05, 3.63) is 0 Å². The van der Waals surface area contributed by atoms with E-state index in [-0.39, 0.29) is 5.88 Å². The van der Waals surface area contributed by atoms with Crippen molar-refractivity contribution in [3.8, 4) is 0 Å². The number of alkyl halides is 2. The maximum atomic E-state index is 10.6. The molecule has 0 radical (unpaired) electrons. The third kappa shape index (κ3) is 2.22. The minimum Gasteiger partial charge on any atom is -0.250 e. The minimum atomic E-state index is -0.415. The molecule has 0 heterocycles. The number of hydrogen-bond acceptors (Lipinski definition) is 0. The molecule has 0 nitrogen and oxygen atoms in total. The van der Waals surface area contributed by atoms with Crippen molar-refractivity contribution in [2.75, 3.05) is 12.6 Å². The summed E-state index contributed by atoms with van der Waals surface area (Å²) in [6, 6.07) is 0. The Balaban J connectivity index is 1.97. The molecular weight excluding hydrogens is 78.5 g/mol. The first kappa shape index (κ1) is 4.22. The quantitative estimate of drug-likeness (QED) is 0.417. The van der Waals surface area contributed by atoms with Crippen LogP contribution in [0.25, 0.3) is 0 Å². The normalized spacial score (nSPS) is 7.50. The van der Waals surface area contributed by atoms with Gasteiger partial charge in [-0.3, -0.25) is 0 Å². The van der Waals surface area contributed by atoms with E-state index in [1.807, 2.05) is 0 Å². The van der Waals surface area contributed by atoms with E-state index in [0.717, 1.165) is 0 Å². The van der Waals surface area contributed by atoms with Crippen LogP contribution in [0.4, 0.5) is 4.39 Å². The van der Waals surface area contributed by atoms with E-state index in [1.54, 1.807) is 0 Å². The van der Waals surface area contributed by atoms with E-state index in [9.17, 15) is 4.39 Å². The van der Waals surface area contributed by atoms with Crippen LogP contribution in [0.15, 0.2) is 0 Å². The minimum absolute atomic E-state index is 0.125. The highest BCUT2D eigenvalue weighted by Crippen LogP contribution is 1.69. The zero-order valence-electron chi connectivity index (χ0n) is 2.17. The maximum absolute atomic E-state index is 10.6. The Morgan fingerprint density at radius 2 is 2.00 bits per heavy atom. The Morgan fingerprint density at radius 3 is 2.00 bits per heavy atom. The molecule has 0 N–H and O–H groups in total. The highest BCUT2D eigenvalue weighted by atomic mass is 35.5. The van der Waals surface area contributed by atoms with Gasteiger partial charge in [-0.05, 0) is 0 Å². The summed E-state index contributed by atoms with van der Waals surface area (Å²) >= 11 is 4.81. The van der Waals surface area contributed by atoms with E-state index >= 15 is 0 Å². The predicted molar refractivity (Wildman–Crippen MR) is 16.7 cm³/mol. The van der Waals surface area contributed by atoms with Crippen LogP contribution >= 0.6 is 11.6 Å². The number of halogens is 2. The molecule has 0 bridgehead atoms. The van der Waals surface area contributed by atoms with Gasteiger partial charge in [-0.1, -0.05) is 0 Å². The summed E-state index contributed by atoms with van der Waals surface area (Å²) in [5.74, 6) is 0.125. The first-order chi connectivity index (χ1) is 1.91. The lowest BCUT2D eigenvalue weighted by Crippen LogP contribution is -1.66. The van der Waals surface area contributed by atoms with Gasteiger partial charge in [-0.25, -0.2) is 4.39 Å². The molecule has 0 saturated carbocycles. The fourth-order valence-corrected chi connectivity index (χ4v) is 0. The van der Waals surface area contributed by atoms with Gasteiger partial charge in [0, 0.05) is 0 Å². The second kappa shape index (κ2) is 3.22. The predicted octanol–water partition coefficient (Wildman–Crippen LogP) is 1.19. The highest BCUT2D eigenvalue weighted by Gasteiger charge is 1.63. The van der Waals surface area contributed by atoms with Gasteiger partial charge in [-0.15, -0.1) is 11.6 Å². The molecule has 0 fully saturated rings. The second-order valence-corrected chi connectivity index (χ2v) is 0.756. The van der Waals surface area contributed by atoms with Gasteiger partial charge in [0.25, 0.3) is 0 Å². The first-order valence-corrected chi connectivity index (χ1v) is 1.57. The van der Waals surface area contributed by atoms with Crippen LogP contribution in [0, 0.1) is 0 Å². The van der Waals surface area contributed by atoms with Crippen molar-refractivity contribution in [1.82, 2.24) is 0 Å². The lowest BCUT2D eigenvalue weighted by molar-refractivity contribution is 0.531. The molecule has 0 aliphatic heterocycles. The Bertz CT molecular complexity index is 8.00.